The van der Waals surface area contributed by atoms with Crippen molar-refractivity contribution in [1.82, 2.24) is 25.5 Å². The first-order valence-corrected chi connectivity index (χ1v) is 24.2. The lowest BCUT2D eigenvalue weighted by Crippen LogP contribution is -2.50. The number of aromatic nitrogens is 2. The standard InChI is InChI=1S/C29H34ClN3O4.C25H27ClN2O2/c1-18(26(34)13-10-19-14-22-23(30)11-12-24(22)31-16-19)32-27(35)25-15-21(20-8-6-5-7-9-20)17-33(25)28(36)37-29(2,3)4;1-16(24(29)12-7-17-13-21-22(26)10-11-23(21)27-15-17)28-25(30)20-9-8-19(14-20)18-5-3-2-4-6-18/h5-9,11,14,16,18,21,25H,10,12-13,15,17H2,1-4H3,(H,32,35);2-6,10,13,15-16,19-20H,7-9,11-12,14H2,1H3,(H,28,30)/t18-,21-,25+;16-,19+,20+/m00/s1. The molecular formula is C54H61Cl2N5O6. The number of nitrogens with zero attached hydrogens (tertiary/aromatic N) is 3. The zero-order chi connectivity index (χ0) is 47.8. The number of carbonyl (C=O) groups is 5. The van der Waals surface area contributed by atoms with Crippen LogP contribution in [0.5, 0.6) is 0 Å². The number of aryl methyl sites for hydroxylation is 2. The first-order chi connectivity index (χ1) is 32.0. The molecule has 352 valence electrons. The van der Waals surface area contributed by atoms with Crippen LogP contribution in [0, 0.1) is 5.92 Å². The van der Waals surface area contributed by atoms with Gasteiger partial charge in [0.05, 0.1) is 23.5 Å². The fraction of sp³-hybridized carbons (Fsp3) is 0.426. The Morgan fingerprint density at radius 2 is 1.19 bits per heavy atom. The maximum Gasteiger partial charge on any atom is 0.410 e. The first kappa shape index (κ1) is 49.3. The van der Waals surface area contributed by atoms with Gasteiger partial charge in [-0.3, -0.25) is 34.0 Å². The van der Waals surface area contributed by atoms with Crippen molar-refractivity contribution in [2.24, 2.45) is 5.92 Å². The van der Waals surface area contributed by atoms with Gasteiger partial charge in [0.25, 0.3) is 0 Å². The highest BCUT2D eigenvalue weighted by atomic mass is 35.5. The van der Waals surface area contributed by atoms with Gasteiger partial charge in [-0.05, 0) is 113 Å². The van der Waals surface area contributed by atoms with Crippen LogP contribution in [0.4, 0.5) is 4.79 Å². The summed E-state index contributed by atoms with van der Waals surface area (Å²) >= 11 is 12.4. The molecular weight excluding hydrogens is 886 g/mol. The molecule has 2 fully saturated rings. The number of fused-ring (bicyclic) bond motifs is 2. The fourth-order valence-corrected chi connectivity index (χ4v) is 9.75. The van der Waals surface area contributed by atoms with Crippen LogP contribution in [-0.2, 0) is 49.6 Å². The van der Waals surface area contributed by atoms with Gasteiger partial charge in [-0.2, -0.15) is 0 Å². The van der Waals surface area contributed by atoms with Gasteiger partial charge in [0, 0.05) is 77.6 Å². The van der Waals surface area contributed by atoms with E-state index in [4.69, 9.17) is 27.9 Å². The lowest BCUT2D eigenvalue weighted by atomic mass is 9.96. The molecule has 3 heterocycles. The van der Waals surface area contributed by atoms with E-state index in [9.17, 15) is 24.0 Å². The Morgan fingerprint density at radius 3 is 1.70 bits per heavy atom. The number of hydrogen-bond donors (Lipinski definition) is 2. The van der Waals surface area contributed by atoms with Crippen LogP contribution in [0.3, 0.4) is 0 Å². The highest BCUT2D eigenvalue weighted by molar-refractivity contribution is 6.49. The van der Waals surface area contributed by atoms with Gasteiger partial charge in [-0.15, -0.1) is 0 Å². The van der Waals surface area contributed by atoms with Crippen molar-refractivity contribution in [3.8, 4) is 0 Å². The molecule has 2 N–H and O–H groups in total. The van der Waals surface area contributed by atoms with Crippen molar-refractivity contribution in [3.63, 3.8) is 0 Å². The van der Waals surface area contributed by atoms with Gasteiger partial charge in [-0.1, -0.05) is 96.0 Å². The Kier molecular flexibility index (Phi) is 16.2. The zero-order valence-electron chi connectivity index (χ0n) is 39.0. The second-order valence-corrected chi connectivity index (χ2v) is 20.0. The zero-order valence-corrected chi connectivity index (χ0v) is 40.5. The summed E-state index contributed by atoms with van der Waals surface area (Å²) in [5.41, 5.74) is 7.43. The summed E-state index contributed by atoms with van der Waals surface area (Å²) in [5, 5.41) is 7.21. The predicted molar refractivity (Wildman–Crippen MR) is 262 cm³/mol. The molecule has 0 spiro atoms. The van der Waals surface area contributed by atoms with Gasteiger partial charge in [-0.25, -0.2) is 4.79 Å². The largest absolute Gasteiger partial charge is 0.444 e. The van der Waals surface area contributed by atoms with Crippen LogP contribution in [0.15, 0.2) is 97.3 Å². The number of ketones is 2. The molecule has 6 atom stereocenters. The molecule has 2 aromatic carbocycles. The first-order valence-electron chi connectivity index (χ1n) is 23.5. The third-order valence-corrected chi connectivity index (χ3v) is 13.8. The summed E-state index contributed by atoms with van der Waals surface area (Å²) < 4.78 is 5.59. The summed E-state index contributed by atoms with van der Waals surface area (Å²) in [6.07, 6.45) is 13.4. The molecule has 11 nitrogen and oxygen atoms in total. The highest BCUT2D eigenvalue weighted by Crippen LogP contribution is 2.39. The van der Waals surface area contributed by atoms with E-state index in [0.717, 1.165) is 76.3 Å². The minimum atomic E-state index is -0.717. The molecule has 3 amide bonds. The molecule has 0 bridgehead atoms. The SMILES string of the molecule is C[C@H](NC(=O)[C@@H]1CC[C@@H](c2ccccc2)C1)C(=O)CCc1cnc2c(c1)C(Cl)=CC2.C[C@H](NC(=O)[C@H]1C[C@H](c2ccccc2)CN1C(=O)OC(C)(C)C)C(=O)CCc1cnc2c(c1)C(Cl)=CC2. The maximum absolute atomic E-state index is 13.3. The van der Waals surface area contributed by atoms with Gasteiger partial charge in [0.15, 0.2) is 11.6 Å². The molecule has 3 aliphatic carbocycles. The molecule has 8 rings (SSSR count). The third-order valence-electron chi connectivity index (χ3n) is 13.1. The van der Waals surface area contributed by atoms with Crippen molar-refractivity contribution in [2.45, 2.75) is 134 Å². The maximum atomic E-state index is 13.3. The van der Waals surface area contributed by atoms with E-state index in [2.05, 4.69) is 32.7 Å². The van der Waals surface area contributed by atoms with Crippen LogP contribution in [-0.4, -0.2) is 74.6 Å². The Balaban J connectivity index is 0.000000203. The number of halogens is 2. The second-order valence-electron chi connectivity index (χ2n) is 19.2. The summed E-state index contributed by atoms with van der Waals surface area (Å²) in [4.78, 5) is 74.8. The monoisotopic (exact) mass is 945 g/mol. The minimum absolute atomic E-state index is 0.00339. The summed E-state index contributed by atoms with van der Waals surface area (Å²) in [6.45, 7) is 9.24. The third kappa shape index (κ3) is 12.9. The molecule has 4 aliphatic rings. The van der Waals surface area contributed by atoms with Crippen LogP contribution in [0.1, 0.15) is 130 Å². The summed E-state index contributed by atoms with van der Waals surface area (Å²) in [7, 11) is 0. The van der Waals surface area contributed by atoms with Crippen molar-refractivity contribution in [3.05, 3.63) is 142 Å². The average molecular weight is 947 g/mol. The second kappa shape index (κ2) is 22.0. The topological polar surface area (TPSA) is 148 Å². The van der Waals surface area contributed by atoms with E-state index in [1.165, 1.54) is 10.5 Å². The lowest BCUT2D eigenvalue weighted by molar-refractivity contribution is -0.130. The smallest absolute Gasteiger partial charge is 0.410 e. The molecule has 13 heteroatoms. The fourth-order valence-electron chi connectivity index (χ4n) is 9.27. The average Bonchev–Trinajstić information content (AvgIpc) is 4.14. The number of benzene rings is 2. The van der Waals surface area contributed by atoms with Crippen LogP contribution < -0.4 is 10.6 Å². The molecule has 0 radical (unpaired) electrons. The van der Waals surface area contributed by atoms with Crippen molar-refractivity contribution in [2.75, 3.05) is 6.54 Å². The van der Waals surface area contributed by atoms with E-state index in [0.29, 0.717) is 43.2 Å². The Hall–Kier alpha value is -5.65. The van der Waals surface area contributed by atoms with Gasteiger partial charge in [0.2, 0.25) is 11.8 Å². The van der Waals surface area contributed by atoms with Crippen molar-refractivity contribution < 1.29 is 28.7 Å². The molecule has 1 saturated heterocycles. The molecule has 67 heavy (non-hydrogen) atoms. The number of pyridine rings is 2. The molecule has 1 saturated carbocycles. The van der Waals surface area contributed by atoms with E-state index in [1.807, 2.05) is 79.0 Å². The van der Waals surface area contributed by atoms with Crippen molar-refractivity contribution in [1.29, 1.82) is 0 Å². The van der Waals surface area contributed by atoms with E-state index >= 15 is 0 Å². The van der Waals surface area contributed by atoms with E-state index in [1.54, 1.807) is 40.8 Å². The van der Waals surface area contributed by atoms with E-state index in [-0.39, 0.29) is 41.6 Å². The normalized spacial score (nSPS) is 20.3. The van der Waals surface area contributed by atoms with E-state index < -0.39 is 29.8 Å². The predicted octanol–water partition coefficient (Wildman–Crippen LogP) is 9.82. The summed E-state index contributed by atoms with van der Waals surface area (Å²) in [6, 6.07) is 22.3. The van der Waals surface area contributed by atoms with Crippen molar-refractivity contribution >= 4 is 62.7 Å². The van der Waals surface area contributed by atoms with Crippen LogP contribution >= 0.6 is 23.2 Å². The number of Topliss-reactive ketones (excluding diaryl/α,β-unsaturated/α-hetero) is 2. The Morgan fingerprint density at radius 1 is 0.701 bits per heavy atom. The number of amides is 3. The lowest BCUT2D eigenvalue weighted by Gasteiger charge is -2.28. The number of rotatable bonds is 14. The number of carbonyl (C=O) groups excluding carboxylic acids is 5. The number of ether oxygens (including phenoxy) is 1. The molecule has 4 aromatic rings. The molecule has 1 aliphatic heterocycles. The Bertz CT molecular complexity index is 2520. The number of nitrogens with one attached hydrogen (secondary N) is 2. The molecule has 2 aromatic heterocycles. The van der Waals surface area contributed by atoms with Crippen LogP contribution in [0.25, 0.3) is 10.1 Å². The number of hydrogen-bond acceptors (Lipinski definition) is 8. The number of likely N-dealkylation sites (tertiary alicyclic amines) is 1. The summed E-state index contributed by atoms with van der Waals surface area (Å²) in [5.74, 6) is 0.0387. The van der Waals surface area contributed by atoms with Gasteiger partial charge >= 0.3 is 6.09 Å². The highest BCUT2D eigenvalue weighted by Gasteiger charge is 2.42. The minimum Gasteiger partial charge on any atom is -0.444 e. The Labute approximate surface area is 404 Å². The number of allylic oxidation sites excluding steroid dienone is 2. The van der Waals surface area contributed by atoms with Crippen LogP contribution in [0.2, 0.25) is 0 Å². The molecule has 0 unspecified atom stereocenters. The quantitative estimate of drug-likeness (QED) is 0.127. The van der Waals surface area contributed by atoms with Gasteiger partial charge in [0.1, 0.15) is 11.6 Å². The van der Waals surface area contributed by atoms with Gasteiger partial charge < -0.3 is 15.4 Å².